The lowest BCUT2D eigenvalue weighted by atomic mass is 9.83. The third kappa shape index (κ3) is 4.80. The minimum Gasteiger partial charge on any atom is -0.487 e. The molecule has 3 aromatic carbocycles. The molecule has 1 heterocycles. The highest BCUT2D eigenvalue weighted by atomic mass is 32.2. The Kier molecular flexibility index (Phi) is 6.66. The molecule has 0 aromatic heterocycles. The summed E-state index contributed by atoms with van der Waals surface area (Å²) in [5.74, 6) is 0.459. The molecule has 34 heavy (non-hydrogen) atoms. The second-order valence-electron chi connectivity index (χ2n) is 8.71. The molecule has 0 saturated carbocycles. The number of benzene rings is 3. The molecule has 1 amide bonds. The quantitative estimate of drug-likeness (QED) is 0.462. The molecule has 4 rings (SSSR count). The molecule has 0 spiro atoms. The summed E-state index contributed by atoms with van der Waals surface area (Å²) in [7, 11) is -3.86. The summed E-state index contributed by atoms with van der Waals surface area (Å²) in [4.78, 5) is 13.4. The Morgan fingerprint density at radius 3 is 2.38 bits per heavy atom. The molecule has 6 nitrogen and oxygen atoms in total. The van der Waals surface area contributed by atoms with Gasteiger partial charge in [-0.2, -0.15) is 0 Å². The molecule has 0 radical (unpaired) electrons. The van der Waals surface area contributed by atoms with E-state index in [4.69, 9.17) is 4.74 Å². The maximum absolute atomic E-state index is 13.3. The second-order valence-corrected chi connectivity index (χ2v) is 10.4. The Hall–Kier alpha value is -3.32. The summed E-state index contributed by atoms with van der Waals surface area (Å²) in [6.07, 6.45) is 2.29. The van der Waals surface area contributed by atoms with Gasteiger partial charge in [0.15, 0.2) is 0 Å². The fourth-order valence-electron chi connectivity index (χ4n) is 4.42. The molecule has 1 aliphatic rings. The van der Waals surface area contributed by atoms with E-state index in [-0.39, 0.29) is 22.4 Å². The van der Waals surface area contributed by atoms with Gasteiger partial charge in [-0.1, -0.05) is 56.3 Å². The molecule has 2 N–H and O–H groups in total. The van der Waals surface area contributed by atoms with Crippen LogP contribution >= 0.6 is 0 Å². The number of hydrogen-bond acceptors (Lipinski definition) is 4. The molecule has 0 fully saturated rings. The van der Waals surface area contributed by atoms with E-state index in [9.17, 15) is 13.2 Å². The smallest absolute Gasteiger partial charge is 0.262 e. The molecular weight excluding hydrogens is 448 g/mol. The van der Waals surface area contributed by atoms with Gasteiger partial charge in [0.2, 0.25) is 0 Å². The van der Waals surface area contributed by atoms with Gasteiger partial charge in [-0.3, -0.25) is 9.52 Å². The Bertz CT molecular complexity index is 1280. The van der Waals surface area contributed by atoms with Crippen LogP contribution in [0.5, 0.6) is 5.75 Å². The third-order valence-electron chi connectivity index (χ3n) is 6.56. The SMILES string of the molecule is CCC1(CC)C[C@@H](NC(=O)c2ccc(C)c(S(=O)(=O)Nc3ccccc3)c2)c2ccccc2O1. The average Bonchev–Trinajstić information content (AvgIpc) is 2.84. The molecule has 0 saturated heterocycles. The van der Waals surface area contributed by atoms with Crippen molar-refractivity contribution in [3.63, 3.8) is 0 Å². The number of rotatable bonds is 7. The molecule has 3 aromatic rings. The zero-order valence-corrected chi connectivity index (χ0v) is 20.5. The van der Waals surface area contributed by atoms with E-state index in [0.717, 1.165) is 24.2 Å². The predicted molar refractivity (Wildman–Crippen MR) is 134 cm³/mol. The van der Waals surface area contributed by atoms with Gasteiger partial charge in [-0.25, -0.2) is 8.42 Å². The maximum Gasteiger partial charge on any atom is 0.262 e. The summed E-state index contributed by atoms with van der Waals surface area (Å²) >= 11 is 0. The highest BCUT2D eigenvalue weighted by molar-refractivity contribution is 7.92. The highest BCUT2D eigenvalue weighted by Crippen LogP contribution is 2.42. The number of sulfonamides is 1. The normalized spacial score (nSPS) is 16.7. The van der Waals surface area contributed by atoms with Crippen LogP contribution in [0, 0.1) is 6.92 Å². The van der Waals surface area contributed by atoms with Crippen molar-refractivity contribution in [1.82, 2.24) is 5.32 Å². The van der Waals surface area contributed by atoms with Gasteiger partial charge in [-0.05, 0) is 55.7 Å². The van der Waals surface area contributed by atoms with Crippen molar-refractivity contribution in [1.29, 1.82) is 0 Å². The molecule has 1 aliphatic heterocycles. The average molecular weight is 479 g/mol. The van der Waals surface area contributed by atoms with Gasteiger partial charge >= 0.3 is 0 Å². The third-order valence-corrected chi connectivity index (χ3v) is 8.08. The number of amides is 1. The van der Waals surface area contributed by atoms with Gasteiger partial charge in [-0.15, -0.1) is 0 Å². The summed E-state index contributed by atoms with van der Waals surface area (Å²) in [6, 6.07) is 21.0. The molecule has 1 atom stereocenters. The lowest BCUT2D eigenvalue weighted by Crippen LogP contribution is -2.44. The standard InChI is InChI=1S/C27H30N2O4S/c1-4-27(5-2)18-23(22-13-9-10-14-24(22)33-27)28-26(30)20-16-15-19(3)25(17-20)34(31,32)29-21-11-7-6-8-12-21/h6-17,23,29H,4-5,18H2,1-3H3,(H,28,30)/t23-/m1/s1. The molecule has 0 bridgehead atoms. The van der Waals surface area contributed by atoms with Gasteiger partial charge < -0.3 is 10.1 Å². The summed E-state index contributed by atoms with van der Waals surface area (Å²) in [5, 5.41) is 3.13. The van der Waals surface area contributed by atoms with Crippen molar-refractivity contribution in [3.05, 3.63) is 89.5 Å². The lowest BCUT2D eigenvalue weighted by molar-refractivity contribution is 0.0227. The Balaban J connectivity index is 1.62. The molecule has 0 aliphatic carbocycles. The van der Waals surface area contributed by atoms with Gasteiger partial charge in [0.05, 0.1) is 10.9 Å². The Labute approximate surface area is 201 Å². The van der Waals surface area contributed by atoms with Gasteiger partial charge in [0, 0.05) is 23.2 Å². The zero-order chi connectivity index (χ0) is 24.3. The van der Waals surface area contributed by atoms with Crippen molar-refractivity contribution in [2.75, 3.05) is 4.72 Å². The van der Waals surface area contributed by atoms with Crippen molar-refractivity contribution >= 4 is 21.6 Å². The first-order chi connectivity index (χ1) is 16.3. The van der Waals surface area contributed by atoms with E-state index in [1.165, 1.54) is 6.07 Å². The summed E-state index contributed by atoms with van der Waals surface area (Å²) < 4.78 is 35.0. The van der Waals surface area contributed by atoms with Crippen molar-refractivity contribution in [2.45, 2.75) is 56.6 Å². The van der Waals surface area contributed by atoms with Crippen LogP contribution in [0.4, 0.5) is 5.69 Å². The first kappa shape index (κ1) is 23.8. The molecule has 0 unspecified atom stereocenters. The van der Waals surface area contributed by atoms with Crippen LogP contribution in [-0.2, 0) is 10.0 Å². The van der Waals surface area contributed by atoms with Crippen molar-refractivity contribution in [2.24, 2.45) is 0 Å². The second kappa shape index (κ2) is 9.50. The molecule has 7 heteroatoms. The fourth-order valence-corrected chi connectivity index (χ4v) is 5.75. The Morgan fingerprint density at radius 2 is 1.68 bits per heavy atom. The molecular formula is C27H30N2O4S. The number of para-hydroxylation sites is 2. The predicted octanol–water partition coefficient (Wildman–Crippen LogP) is 5.61. The number of carbonyl (C=O) groups is 1. The van der Waals surface area contributed by atoms with E-state index in [2.05, 4.69) is 23.9 Å². The fraction of sp³-hybridized carbons (Fsp3) is 0.296. The number of hydrogen-bond donors (Lipinski definition) is 2. The number of nitrogens with one attached hydrogen (secondary N) is 2. The number of ether oxygens (including phenoxy) is 1. The van der Waals surface area contributed by atoms with E-state index in [1.54, 1.807) is 43.3 Å². The first-order valence-electron chi connectivity index (χ1n) is 11.5. The largest absolute Gasteiger partial charge is 0.487 e. The zero-order valence-electron chi connectivity index (χ0n) is 19.7. The van der Waals surface area contributed by atoms with Crippen LogP contribution in [0.25, 0.3) is 0 Å². The van der Waals surface area contributed by atoms with Crippen LogP contribution in [-0.4, -0.2) is 19.9 Å². The van der Waals surface area contributed by atoms with Crippen LogP contribution in [0.2, 0.25) is 0 Å². The maximum atomic E-state index is 13.3. The van der Waals surface area contributed by atoms with E-state index >= 15 is 0 Å². The Morgan fingerprint density at radius 1 is 1.00 bits per heavy atom. The monoisotopic (exact) mass is 478 g/mol. The van der Waals surface area contributed by atoms with Crippen molar-refractivity contribution < 1.29 is 17.9 Å². The van der Waals surface area contributed by atoms with E-state index < -0.39 is 10.0 Å². The lowest BCUT2D eigenvalue weighted by Gasteiger charge is -2.41. The van der Waals surface area contributed by atoms with Crippen LogP contribution in [0.15, 0.2) is 77.7 Å². The van der Waals surface area contributed by atoms with E-state index in [1.807, 2.05) is 30.3 Å². The van der Waals surface area contributed by atoms with Crippen LogP contribution < -0.4 is 14.8 Å². The topological polar surface area (TPSA) is 84.5 Å². The minimum absolute atomic E-state index is 0.0767. The van der Waals surface area contributed by atoms with Crippen molar-refractivity contribution in [3.8, 4) is 5.75 Å². The highest BCUT2D eigenvalue weighted by Gasteiger charge is 2.39. The number of carbonyl (C=O) groups excluding carboxylic acids is 1. The number of aryl methyl sites for hydroxylation is 1. The summed E-state index contributed by atoms with van der Waals surface area (Å²) in [6.45, 7) is 5.90. The van der Waals surface area contributed by atoms with Gasteiger partial charge in [0.25, 0.3) is 15.9 Å². The van der Waals surface area contributed by atoms with Crippen LogP contribution in [0.3, 0.4) is 0 Å². The number of anilines is 1. The van der Waals surface area contributed by atoms with Crippen LogP contribution in [0.1, 0.15) is 60.6 Å². The van der Waals surface area contributed by atoms with E-state index in [0.29, 0.717) is 23.2 Å². The minimum atomic E-state index is -3.86. The first-order valence-corrected chi connectivity index (χ1v) is 13.0. The summed E-state index contributed by atoms with van der Waals surface area (Å²) in [5.41, 5.74) is 1.90. The molecule has 178 valence electrons. The van der Waals surface area contributed by atoms with Gasteiger partial charge in [0.1, 0.15) is 11.4 Å². The number of fused-ring (bicyclic) bond motifs is 1.